The number of thiophene rings is 1. The Bertz CT molecular complexity index is 866. The zero-order valence-electron chi connectivity index (χ0n) is 12.9. The van der Waals surface area contributed by atoms with Crippen molar-refractivity contribution in [3.63, 3.8) is 0 Å². The van der Waals surface area contributed by atoms with Crippen molar-refractivity contribution in [2.24, 2.45) is 0 Å². The normalized spacial score (nSPS) is 10.5. The first kappa shape index (κ1) is 15.3. The summed E-state index contributed by atoms with van der Waals surface area (Å²) < 4.78 is 11.4. The van der Waals surface area contributed by atoms with Crippen LogP contribution in [0.2, 0.25) is 0 Å². The highest BCUT2D eigenvalue weighted by atomic mass is 32.1. The number of hydrogen-bond acceptors (Lipinski definition) is 6. The van der Waals surface area contributed by atoms with Crippen LogP contribution in [-0.4, -0.2) is 23.2 Å². The second kappa shape index (κ2) is 6.63. The molecule has 0 spiro atoms. The van der Waals surface area contributed by atoms with Gasteiger partial charge in [-0.2, -0.15) is 5.26 Å². The van der Waals surface area contributed by atoms with Crippen molar-refractivity contribution in [2.75, 3.05) is 13.2 Å². The minimum absolute atomic E-state index is 0.389. The maximum absolute atomic E-state index is 8.76. The smallest absolute Gasteiger partial charge is 0.225 e. The first-order chi connectivity index (χ1) is 11.2. The van der Waals surface area contributed by atoms with E-state index in [1.165, 1.54) is 11.2 Å². The Labute approximate surface area is 138 Å². The van der Waals surface area contributed by atoms with Crippen LogP contribution in [0.25, 0.3) is 10.2 Å². The van der Waals surface area contributed by atoms with Gasteiger partial charge >= 0.3 is 0 Å². The molecule has 0 bridgehead atoms. The fourth-order valence-corrected chi connectivity index (χ4v) is 3.17. The van der Waals surface area contributed by atoms with E-state index in [4.69, 9.17) is 14.7 Å². The quantitative estimate of drug-likeness (QED) is 0.670. The lowest BCUT2D eigenvalue weighted by molar-refractivity contribution is 0.213. The van der Waals surface area contributed by atoms with Gasteiger partial charge in [0.2, 0.25) is 5.88 Å². The Morgan fingerprint density at radius 1 is 1.09 bits per heavy atom. The molecule has 0 radical (unpaired) electrons. The molecule has 6 heteroatoms. The van der Waals surface area contributed by atoms with E-state index < -0.39 is 0 Å². The molecule has 2 heterocycles. The number of nitriles is 1. The third-order valence-electron chi connectivity index (χ3n) is 3.50. The Kier molecular flexibility index (Phi) is 4.40. The van der Waals surface area contributed by atoms with E-state index in [2.05, 4.69) is 29.9 Å². The summed E-state index contributed by atoms with van der Waals surface area (Å²) in [5.74, 6) is 1.31. The molecule has 3 rings (SSSR count). The maximum atomic E-state index is 8.76. The fraction of sp³-hybridized carbons (Fsp3) is 0.235. The third-order valence-corrected chi connectivity index (χ3v) is 4.62. The molecule has 2 aromatic heterocycles. The van der Waals surface area contributed by atoms with Crippen LogP contribution in [0.5, 0.6) is 11.6 Å². The van der Waals surface area contributed by atoms with E-state index in [0.717, 1.165) is 15.8 Å². The minimum Gasteiger partial charge on any atom is -0.490 e. The second-order valence-corrected chi connectivity index (χ2v) is 6.18. The van der Waals surface area contributed by atoms with Crippen LogP contribution in [0.15, 0.2) is 30.6 Å². The van der Waals surface area contributed by atoms with Gasteiger partial charge in [-0.05, 0) is 43.7 Å². The second-order valence-electron chi connectivity index (χ2n) is 4.98. The Hall–Kier alpha value is -2.65. The molecule has 3 aromatic rings. The predicted molar refractivity (Wildman–Crippen MR) is 89.0 cm³/mol. The van der Waals surface area contributed by atoms with Crippen LogP contribution in [0.4, 0.5) is 0 Å². The Balaban J connectivity index is 1.61. The van der Waals surface area contributed by atoms with Gasteiger partial charge in [0.05, 0.1) is 17.0 Å². The monoisotopic (exact) mass is 325 g/mol. The zero-order valence-corrected chi connectivity index (χ0v) is 13.7. The van der Waals surface area contributed by atoms with E-state index in [-0.39, 0.29) is 0 Å². The van der Waals surface area contributed by atoms with E-state index in [1.807, 2.05) is 0 Å². The molecule has 1 aromatic carbocycles. The average Bonchev–Trinajstić information content (AvgIpc) is 2.87. The molecule has 0 atom stereocenters. The highest BCUT2D eigenvalue weighted by Crippen LogP contribution is 2.33. The van der Waals surface area contributed by atoms with Crippen LogP contribution >= 0.6 is 11.3 Å². The predicted octanol–water partition coefficient (Wildman–Crippen LogP) is 3.64. The molecule has 0 fully saturated rings. The lowest BCUT2D eigenvalue weighted by Crippen LogP contribution is -2.10. The first-order valence-corrected chi connectivity index (χ1v) is 7.97. The summed E-state index contributed by atoms with van der Waals surface area (Å²) in [4.78, 5) is 10.7. The van der Waals surface area contributed by atoms with Crippen LogP contribution in [-0.2, 0) is 0 Å². The number of ether oxygens (including phenoxy) is 2. The van der Waals surface area contributed by atoms with Crippen molar-refractivity contribution in [3.05, 3.63) is 46.6 Å². The number of benzene rings is 1. The molecular formula is C17H15N3O2S. The fourth-order valence-electron chi connectivity index (χ4n) is 2.18. The molecule has 0 aliphatic rings. The topological polar surface area (TPSA) is 68.0 Å². The van der Waals surface area contributed by atoms with Crippen molar-refractivity contribution in [3.8, 4) is 17.7 Å². The van der Waals surface area contributed by atoms with Crippen molar-refractivity contribution >= 4 is 21.6 Å². The SMILES string of the molecule is Cc1sc2ncnc(OCCOc3ccc(C#N)cc3)c2c1C. The molecule has 0 saturated carbocycles. The summed E-state index contributed by atoms with van der Waals surface area (Å²) in [5, 5.41) is 9.74. The summed E-state index contributed by atoms with van der Waals surface area (Å²) >= 11 is 1.64. The van der Waals surface area contributed by atoms with Gasteiger partial charge in [0.1, 0.15) is 30.1 Å². The van der Waals surface area contributed by atoms with Gasteiger partial charge in [-0.3, -0.25) is 0 Å². The maximum Gasteiger partial charge on any atom is 0.225 e. The molecule has 0 aliphatic heterocycles. The van der Waals surface area contributed by atoms with Gasteiger partial charge in [0.15, 0.2) is 0 Å². The van der Waals surface area contributed by atoms with E-state index >= 15 is 0 Å². The standard InChI is InChI=1S/C17H15N3O2S/c1-11-12(2)23-17-15(11)16(19-10-20-17)22-8-7-21-14-5-3-13(9-18)4-6-14/h3-6,10H,7-8H2,1-2H3. The number of fused-ring (bicyclic) bond motifs is 1. The van der Waals surface area contributed by atoms with Gasteiger partial charge in [0, 0.05) is 4.88 Å². The van der Waals surface area contributed by atoms with Gasteiger partial charge in [-0.15, -0.1) is 11.3 Å². The van der Waals surface area contributed by atoms with Gasteiger partial charge in [-0.25, -0.2) is 9.97 Å². The molecule has 0 unspecified atom stereocenters. The Morgan fingerprint density at radius 2 is 1.83 bits per heavy atom. The number of rotatable bonds is 5. The highest BCUT2D eigenvalue weighted by Gasteiger charge is 2.12. The number of hydrogen-bond donors (Lipinski definition) is 0. The largest absolute Gasteiger partial charge is 0.490 e. The van der Waals surface area contributed by atoms with E-state index in [1.54, 1.807) is 35.6 Å². The average molecular weight is 325 g/mol. The molecule has 23 heavy (non-hydrogen) atoms. The number of aromatic nitrogens is 2. The zero-order chi connectivity index (χ0) is 16.2. The molecule has 0 aliphatic carbocycles. The van der Waals surface area contributed by atoms with Crippen LogP contribution in [0, 0.1) is 25.2 Å². The van der Waals surface area contributed by atoms with E-state index in [9.17, 15) is 0 Å². The van der Waals surface area contributed by atoms with E-state index in [0.29, 0.717) is 30.4 Å². The van der Waals surface area contributed by atoms with Crippen molar-refractivity contribution in [1.82, 2.24) is 9.97 Å². The number of nitrogens with zero attached hydrogens (tertiary/aromatic N) is 3. The van der Waals surface area contributed by atoms with Gasteiger partial charge in [0.25, 0.3) is 0 Å². The molecule has 0 amide bonds. The first-order valence-electron chi connectivity index (χ1n) is 7.15. The Morgan fingerprint density at radius 3 is 2.57 bits per heavy atom. The molecule has 0 N–H and O–H groups in total. The summed E-state index contributed by atoms with van der Waals surface area (Å²) in [6.07, 6.45) is 1.52. The van der Waals surface area contributed by atoms with Crippen LogP contribution < -0.4 is 9.47 Å². The third kappa shape index (κ3) is 3.25. The highest BCUT2D eigenvalue weighted by molar-refractivity contribution is 7.18. The summed E-state index contributed by atoms with van der Waals surface area (Å²) in [6, 6.07) is 9.06. The van der Waals surface area contributed by atoms with Crippen molar-refractivity contribution in [1.29, 1.82) is 5.26 Å². The summed E-state index contributed by atoms with van der Waals surface area (Å²) in [5.41, 5.74) is 1.77. The number of aryl methyl sites for hydroxylation is 2. The molecule has 0 saturated heterocycles. The molecule has 116 valence electrons. The van der Waals surface area contributed by atoms with Gasteiger partial charge < -0.3 is 9.47 Å². The molecule has 5 nitrogen and oxygen atoms in total. The van der Waals surface area contributed by atoms with Crippen LogP contribution in [0.3, 0.4) is 0 Å². The lowest BCUT2D eigenvalue weighted by atomic mass is 10.2. The lowest BCUT2D eigenvalue weighted by Gasteiger charge is -2.08. The molecular weight excluding hydrogens is 310 g/mol. The minimum atomic E-state index is 0.389. The summed E-state index contributed by atoms with van der Waals surface area (Å²) in [6.45, 7) is 4.91. The summed E-state index contributed by atoms with van der Waals surface area (Å²) in [7, 11) is 0. The van der Waals surface area contributed by atoms with Crippen molar-refractivity contribution in [2.45, 2.75) is 13.8 Å². The van der Waals surface area contributed by atoms with Crippen molar-refractivity contribution < 1.29 is 9.47 Å². The van der Waals surface area contributed by atoms with Gasteiger partial charge in [-0.1, -0.05) is 0 Å². The van der Waals surface area contributed by atoms with Crippen LogP contribution in [0.1, 0.15) is 16.0 Å².